The van der Waals surface area contributed by atoms with E-state index in [9.17, 15) is 13.2 Å². The molecule has 1 saturated heterocycles. The van der Waals surface area contributed by atoms with Crippen LogP contribution in [0.5, 0.6) is 0 Å². The molecule has 10 heteroatoms. The van der Waals surface area contributed by atoms with Crippen LogP contribution in [0.25, 0.3) is 11.4 Å². The lowest BCUT2D eigenvalue weighted by atomic mass is 10.2. The highest BCUT2D eigenvalue weighted by atomic mass is 35.5. The van der Waals surface area contributed by atoms with Gasteiger partial charge in [0.05, 0.1) is 22.3 Å². The number of benzene rings is 1. The molecule has 2 aliphatic rings. The smallest absolute Gasteiger partial charge is 0.233 e. The number of nitrogens with zero attached hydrogens (tertiary/aromatic N) is 4. The number of rotatable bonds is 6. The molecule has 2 heterocycles. The summed E-state index contributed by atoms with van der Waals surface area (Å²) in [5.74, 6) is 1.04. The largest absolute Gasteiger partial charge is 0.341 e. The van der Waals surface area contributed by atoms with E-state index in [0.29, 0.717) is 22.6 Å². The van der Waals surface area contributed by atoms with Crippen LogP contribution in [0.3, 0.4) is 0 Å². The Bertz CT molecular complexity index is 1030. The van der Waals surface area contributed by atoms with Gasteiger partial charge in [-0.05, 0) is 31.4 Å². The standard InChI is InChI=1S/C20H25ClN4O3S2/c1-24(15-10-11-30(27,28)13-15)18(26)12-29-20-23-22-19(16-8-4-5-9-17(16)21)25(20)14-6-2-3-7-14/h4-5,8-9,14-15H,2-3,6-7,10-13H2,1H3/t15-/m0/s1. The molecule has 2 aromatic rings. The van der Waals surface area contributed by atoms with Crippen molar-refractivity contribution in [3.63, 3.8) is 0 Å². The minimum absolute atomic E-state index is 0.0504. The number of hydrogen-bond acceptors (Lipinski definition) is 6. The van der Waals surface area contributed by atoms with E-state index in [1.54, 1.807) is 11.9 Å². The number of halogens is 1. The highest BCUT2D eigenvalue weighted by Crippen LogP contribution is 2.38. The highest BCUT2D eigenvalue weighted by molar-refractivity contribution is 7.99. The monoisotopic (exact) mass is 468 g/mol. The van der Waals surface area contributed by atoms with Gasteiger partial charge in [-0.25, -0.2) is 8.42 Å². The SMILES string of the molecule is CN(C(=O)CSc1nnc(-c2ccccc2Cl)n1C1CCCC1)[C@H]1CCS(=O)(=O)C1. The Balaban J connectivity index is 1.53. The van der Waals surface area contributed by atoms with Crippen LogP contribution in [-0.4, -0.2) is 64.3 Å². The van der Waals surface area contributed by atoms with Crippen molar-refractivity contribution in [3.05, 3.63) is 29.3 Å². The Morgan fingerprint density at radius 2 is 1.97 bits per heavy atom. The van der Waals surface area contributed by atoms with Crippen molar-refractivity contribution < 1.29 is 13.2 Å². The molecular weight excluding hydrogens is 444 g/mol. The molecule has 1 aromatic heterocycles. The number of carbonyl (C=O) groups excluding carboxylic acids is 1. The van der Waals surface area contributed by atoms with Gasteiger partial charge in [0.1, 0.15) is 0 Å². The predicted octanol–water partition coefficient (Wildman–Crippen LogP) is 3.45. The van der Waals surface area contributed by atoms with Gasteiger partial charge in [0.15, 0.2) is 20.8 Å². The summed E-state index contributed by atoms with van der Waals surface area (Å²) in [6.45, 7) is 0. The van der Waals surface area contributed by atoms with Crippen molar-refractivity contribution >= 4 is 39.1 Å². The molecule has 1 saturated carbocycles. The fourth-order valence-electron chi connectivity index (χ4n) is 4.21. The quantitative estimate of drug-likeness (QED) is 0.603. The fourth-order valence-corrected chi connectivity index (χ4v) is 7.13. The van der Waals surface area contributed by atoms with Gasteiger partial charge in [0, 0.05) is 24.7 Å². The lowest BCUT2D eigenvalue weighted by Gasteiger charge is -2.23. The molecule has 1 atom stereocenters. The van der Waals surface area contributed by atoms with Crippen molar-refractivity contribution in [2.75, 3.05) is 24.3 Å². The third kappa shape index (κ3) is 4.53. The minimum atomic E-state index is -3.03. The van der Waals surface area contributed by atoms with Gasteiger partial charge in [-0.15, -0.1) is 10.2 Å². The summed E-state index contributed by atoms with van der Waals surface area (Å²) in [5, 5.41) is 10.1. The summed E-state index contributed by atoms with van der Waals surface area (Å²) < 4.78 is 25.6. The molecule has 0 bridgehead atoms. The molecule has 0 unspecified atom stereocenters. The molecular formula is C20H25ClN4O3S2. The van der Waals surface area contributed by atoms with Crippen LogP contribution in [0.4, 0.5) is 0 Å². The molecule has 0 spiro atoms. The van der Waals surface area contributed by atoms with Gasteiger partial charge in [0.2, 0.25) is 5.91 Å². The maximum Gasteiger partial charge on any atom is 0.233 e. The highest BCUT2D eigenvalue weighted by Gasteiger charge is 2.33. The van der Waals surface area contributed by atoms with E-state index in [4.69, 9.17) is 11.6 Å². The third-order valence-electron chi connectivity index (χ3n) is 5.94. The zero-order valence-electron chi connectivity index (χ0n) is 16.8. The van der Waals surface area contributed by atoms with E-state index >= 15 is 0 Å². The molecule has 4 rings (SSSR count). The topological polar surface area (TPSA) is 85.2 Å². The second-order valence-electron chi connectivity index (χ2n) is 7.94. The average molecular weight is 469 g/mol. The Morgan fingerprint density at radius 3 is 2.63 bits per heavy atom. The van der Waals surface area contributed by atoms with Crippen molar-refractivity contribution in [1.29, 1.82) is 0 Å². The van der Waals surface area contributed by atoms with E-state index in [1.165, 1.54) is 11.8 Å². The van der Waals surface area contributed by atoms with E-state index in [1.807, 2.05) is 24.3 Å². The number of hydrogen-bond donors (Lipinski definition) is 0. The van der Waals surface area contributed by atoms with E-state index in [2.05, 4.69) is 14.8 Å². The van der Waals surface area contributed by atoms with Crippen LogP contribution >= 0.6 is 23.4 Å². The first kappa shape index (κ1) is 21.6. The van der Waals surface area contributed by atoms with Crippen molar-refractivity contribution in [2.45, 2.75) is 49.3 Å². The normalized spacial score (nSPS) is 21.2. The molecule has 2 fully saturated rings. The summed E-state index contributed by atoms with van der Waals surface area (Å²) in [4.78, 5) is 14.3. The Hall–Kier alpha value is -1.58. The van der Waals surface area contributed by atoms with Gasteiger partial charge >= 0.3 is 0 Å². The van der Waals surface area contributed by atoms with Crippen molar-refractivity contribution in [1.82, 2.24) is 19.7 Å². The number of sulfone groups is 1. The maximum atomic E-state index is 12.7. The van der Waals surface area contributed by atoms with Crippen LogP contribution in [0, 0.1) is 0 Å². The van der Waals surface area contributed by atoms with Gasteiger partial charge in [-0.2, -0.15) is 0 Å². The molecule has 30 heavy (non-hydrogen) atoms. The van der Waals surface area contributed by atoms with Crippen LogP contribution in [-0.2, 0) is 14.6 Å². The lowest BCUT2D eigenvalue weighted by molar-refractivity contribution is -0.128. The van der Waals surface area contributed by atoms with E-state index < -0.39 is 9.84 Å². The molecule has 1 aromatic carbocycles. The van der Waals surface area contributed by atoms with Gasteiger partial charge in [0.25, 0.3) is 0 Å². The van der Waals surface area contributed by atoms with Crippen molar-refractivity contribution in [2.24, 2.45) is 0 Å². The Labute approximate surface area is 186 Å². The Morgan fingerprint density at radius 1 is 1.23 bits per heavy atom. The fraction of sp³-hybridized carbons (Fsp3) is 0.550. The first-order chi connectivity index (χ1) is 14.4. The van der Waals surface area contributed by atoms with Crippen LogP contribution in [0.15, 0.2) is 29.4 Å². The van der Waals surface area contributed by atoms with E-state index in [0.717, 1.165) is 37.1 Å². The Kier molecular flexibility index (Phi) is 6.41. The number of thioether (sulfide) groups is 1. The third-order valence-corrected chi connectivity index (χ3v) is 8.95. The van der Waals surface area contributed by atoms with Gasteiger partial charge in [-0.1, -0.05) is 48.3 Å². The summed E-state index contributed by atoms with van der Waals surface area (Å²) in [6.07, 6.45) is 4.93. The first-order valence-corrected chi connectivity index (χ1v) is 13.3. The number of carbonyl (C=O) groups is 1. The van der Waals surface area contributed by atoms with Crippen LogP contribution in [0.1, 0.15) is 38.1 Å². The number of aromatic nitrogens is 3. The lowest BCUT2D eigenvalue weighted by Crippen LogP contribution is -2.38. The molecule has 0 radical (unpaired) electrons. The summed E-state index contributed by atoms with van der Waals surface area (Å²) >= 11 is 7.77. The first-order valence-electron chi connectivity index (χ1n) is 10.1. The van der Waals surface area contributed by atoms with Crippen molar-refractivity contribution in [3.8, 4) is 11.4 Å². The zero-order chi connectivity index (χ0) is 21.3. The molecule has 7 nitrogen and oxygen atoms in total. The van der Waals surface area contributed by atoms with Crippen LogP contribution in [0.2, 0.25) is 5.02 Å². The summed E-state index contributed by atoms with van der Waals surface area (Å²) in [5.41, 5.74) is 0.838. The summed E-state index contributed by atoms with van der Waals surface area (Å²) in [7, 11) is -1.34. The van der Waals surface area contributed by atoms with Gasteiger partial charge in [-0.3, -0.25) is 9.36 Å². The minimum Gasteiger partial charge on any atom is -0.341 e. The molecule has 0 N–H and O–H groups in total. The maximum absolute atomic E-state index is 12.7. The van der Waals surface area contributed by atoms with Crippen LogP contribution < -0.4 is 0 Å². The summed E-state index contributed by atoms with van der Waals surface area (Å²) in [6, 6.07) is 7.64. The number of amides is 1. The second-order valence-corrected chi connectivity index (χ2v) is 11.5. The second kappa shape index (κ2) is 8.88. The molecule has 162 valence electrons. The van der Waals surface area contributed by atoms with E-state index in [-0.39, 0.29) is 29.2 Å². The molecule has 1 aliphatic carbocycles. The van der Waals surface area contributed by atoms with Gasteiger partial charge < -0.3 is 4.90 Å². The molecule has 1 aliphatic heterocycles. The average Bonchev–Trinajstić information content (AvgIpc) is 3.45. The zero-order valence-corrected chi connectivity index (χ0v) is 19.2. The molecule has 1 amide bonds. The predicted molar refractivity (Wildman–Crippen MR) is 119 cm³/mol.